The van der Waals surface area contributed by atoms with E-state index in [9.17, 15) is 4.79 Å². The Kier molecular flexibility index (Phi) is 3.35. The number of carbonyl (C=O) groups is 1. The van der Waals surface area contributed by atoms with Crippen LogP contribution in [-0.2, 0) is 0 Å². The summed E-state index contributed by atoms with van der Waals surface area (Å²) in [6, 6.07) is 14.3. The fraction of sp³-hybridized carbons (Fsp3) is 0.0588. The standard InChI is InChI=1S/C17H13ClN2O/c1-10-2-3-11-8-12(5-7-16(11)20-10)17(21)13-4-6-14(18)15(19)9-13/h2-9H,19H2,1H3. The molecule has 0 aliphatic carbocycles. The smallest absolute Gasteiger partial charge is 0.193 e. The van der Waals surface area contributed by atoms with Crippen molar-refractivity contribution in [3.63, 3.8) is 0 Å². The number of aromatic nitrogens is 1. The number of benzene rings is 2. The third-order valence-corrected chi connectivity index (χ3v) is 3.69. The van der Waals surface area contributed by atoms with Crippen molar-refractivity contribution in [3.8, 4) is 0 Å². The first-order valence-corrected chi connectivity index (χ1v) is 6.89. The van der Waals surface area contributed by atoms with E-state index < -0.39 is 0 Å². The van der Waals surface area contributed by atoms with Gasteiger partial charge in [-0.1, -0.05) is 17.7 Å². The number of anilines is 1. The van der Waals surface area contributed by atoms with Gasteiger partial charge in [-0.3, -0.25) is 9.78 Å². The summed E-state index contributed by atoms with van der Waals surface area (Å²) in [6.07, 6.45) is 0. The molecule has 3 aromatic rings. The van der Waals surface area contributed by atoms with E-state index in [4.69, 9.17) is 17.3 Å². The molecule has 0 unspecified atom stereocenters. The van der Waals surface area contributed by atoms with Gasteiger partial charge in [-0.15, -0.1) is 0 Å². The van der Waals surface area contributed by atoms with Gasteiger partial charge in [0.2, 0.25) is 0 Å². The van der Waals surface area contributed by atoms with E-state index in [1.165, 1.54) is 0 Å². The fourth-order valence-corrected chi connectivity index (χ4v) is 2.34. The Bertz CT molecular complexity index is 859. The van der Waals surface area contributed by atoms with Crippen molar-refractivity contribution in [2.75, 3.05) is 5.73 Å². The monoisotopic (exact) mass is 296 g/mol. The van der Waals surface area contributed by atoms with Crippen molar-refractivity contribution in [2.45, 2.75) is 6.92 Å². The summed E-state index contributed by atoms with van der Waals surface area (Å²) in [5.74, 6) is -0.0826. The second kappa shape index (κ2) is 5.19. The summed E-state index contributed by atoms with van der Waals surface area (Å²) in [7, 11) is 0. The number of aryl methyl sites for hydroxylation is 1. The summed E-state index contributed by atoms with van der Waals surface area (Å²) >= 11 is 5.88. The van der Waals surface area contributed by atoms with E-state index >= 15 is 0 Å². The van der Waals surface area contributed by atoms with Crippen LogP contribution in [0.3, 0.4) is 0 Å². The van der Waals surface area contributed by atoms with Crippen LogP contribution in [0, 0.1) is 6.92 Å². The molecule has 1 heterocycles. The zero-order valence-electron chi connectivity index (χ0n) is 11.4. The Morgan fingerprint density at radius 3 is 2.52 bits per heavy atom. The summed E-state index contributed by atoms with van der Waals surface area (Å²) in [4.78, 5) is 16.9. The maximum Gasteiger partial charge on any atom is 0.193 e. The number of halogens is 1. The molecule has 0 bridgehead atoms. The van der Waals surface area contributed by atoms with Gasteiger partial charge in [0, 0.05) is 22.2 Å². The van der Waals surface area contributed by atoms with Gasteiger partial charge in [0.15, 0.2) is 5.78 Å². The van der Waals surface area contributed by atoms with Crippen LogP contribution in [0.2, 0.25) is 5.02 Å². The Morgan fingerprint density at radius 2 is 1.76 bits per heavy atom. The molecule has 104 valence electrons. The van der Waals surface area contributed by atoms with Crippen LogP contribution in [0.5, 0.6) is 0 Å². The lowest BCUT2D eigenvalue weighted by atomic mass is 10.0. The molecule has 0 atom stereocenters. The van der Waals surface area contributed by atoms with Gasteiger partial charge in [-0.2, -0.15) is 0 Å². The Hall–Kier alpha value is -2.39. The fourth-order valence-electron chi connectivity index (χ4n) is 2.22. The van der Waals surface area contributed by atoms with Crippen LogP contribution in [0.15, 0.2) is 48.5 Å². The lowest BCUT2D eigenvalue weighted by Crippen LogP contribution is -2.02. The van der Waals surface area contributed by atoms with Gasteiger partial charge < -0.3 is 5.73 Å². The minimum absolute atomic E-state index is 0.0826. The van der Waals surface area contributed by atoms with Crippen LogP contribution in [0.1, 0.15) is 21.6 Å². The highest BCUT2D eigenvalue weighted by Crippen LogP contribution is 2.22. The molecule has 0 aliphatic heterocycles. The molecule has 1 aromatic heterocycles. The highest BCUT2D eigenvalue weighted by atomic mass is 35.5. The molecule has 3 nitrogen and oxygen atoms in total. The van der Waals surface area contributed by atoms with Gasteiger partial charge in [0.25, 0.3) is 0 Å². The van der Waals surface area contributed by atoms with Crippen LogP contribution >= 0.6 is 11.6 Å². The minimum atomic E-state index is -0.0826. The highest BCUT2D eigenvalue weighted by Gasteiger charge is 2.11. The number of nitrogens with zero attached hydrogens (tertiary/aromatic N) is 1. The number of pyridine rings is 1. The molecule has 0 saturated heterocycles. The van der Waals surface area contributed by atoms with Crippen molar-refractivity contribution in [1.82, 2.24) is 4.98 Å². The average Bonchev–Trinajstić information content (AvgIpc) is 2.49. The van der Waals surface area contributed by atoms with Crippen LogP contribution in [-0.4, -0.2) is 10.8 Å². The minimum Gasteiger partial charge on any atom is -0.398 e. The number of nitrogens with two attached hydrogens (primary N) is 1. The second-order valence-electron chi connectivity index (χ2n) is 4.93. The number of rotatable bonds is 2. The molecule has 2 aromatic carbocycles. The summed E-state index contributed by atoms with van der Waals surface area (Å²) in [5, 5.41) is 1.39. The zero-order chi connectivity index (χ0) is 15.0. The van der Waals surface area contributed by atoms with Crippen molar-refractivity contribution >= 4 is 34.0 Å². The van der Waals surface area contributed by atoms with Gasteiger partial charge >= 0.3 is 0 Å². The largest absolute Gasteiger partial charge is 0.398 e. The Labute approximate surface area is 127 Å². The maximum absolute atomic E-state index is 12.5. The number of ketones is 1. The van der Waals surface area contributed by atoms with Crippen molar-refractivity contribution < 1.29 is 4.79 Å². The first-order valence-electron chi connectivity index (χ1n) is 6.52. The average molecular weight is 297 g/mol. The van der Waals surface area contributed by atoms with Crippen molar-refractivity contribution in [3.05, 3.63) is 70.4 Å². The van der Waals surface area contributed by atoms with Gasteiger partial charge in [0.1, 0.15) is 0 Å². The molecular weight excluding hydrogens is 284 g/mol. The molecule has 21 heavy (non-hydrogen) atoms. The van der Waals surface area contributed by atoms with Crippen LogP contribution in [0.4, 0.5) is 5.69 Å². The van der Waals surface area contributed by atoms with E-state index in [0.29, 0.717) is 21.8 Å². The van der Waals surface area contributed by atoms with Crippen LogP contribution in [0.25, 0.3) is 10.9 Å². The summed E-state index contributed by atoms with van der Waals surface area (Å²) in [6.45, 7) is 1.94. The molecule has 4 heteroatoms. The highest BCUT2D eigenvalue weighted by molar-refractivity contribution is 6.33. The maximum atomic E-state index is 12.5. The first kappa shape index (κ1) is 13.6. The predicted molar refractivity (Wildman–Crippen MR) is 85.8 cm³/mol. The SMILES string of the molecule is Cc1ccc2cc(C(=O)c3ccc(Cl)c(N)c3)ccc2n1. The normalized spacial score (nSPS) is 10.8. The lowest BCUT2D eigenvalue weighted by Gasteiger charge is -2.05. The van der Waals surface area contributed by atoms with E-state index in [1.54, 1.807) is 24.3 Å². The molecule has 0 aliphatic rings. The molecular formula is C17H13ClN2O. The number of fused-ring (bicyclic) bond motifs is 1. The summed E-state index contributed by atoms with van der Waals surface area (Å²) in [5.41, 5.74) is 9.11. The first-order chi connectivity index (χ1) is 10.0. The third-order valence-electron chi connectivity index (χ3n) is 3.35. The molecule has 2 N–H and O–H groups in total. The number of hydrogen-bond acceptors (Lipinski definition) is 3. The molecule has 3 rings (SSSR count). The second-order valence-corrected chi connectivity index (χ2v) is 5.33. The van der Waals surface area contributed by atoms with Crippen molar-refractivity contribution in [2.24, 2.45) is 0 Å². The quantitative estimate of drug-likeness (QED) is 0.574. The van der Waals surface area contributed by atoms with Gasteiger partial charge in [-0.25, -0.2) is 0 Å². The molecule has 0 saturated carbocycles. The number of nitrogen functional groups attached to an aromatic ring is 1. The van der Waals surface area contributed by atoms with E-state index in [2.05, 4.69) is 4.98 Å². The lowest BCUT2D eigenvalue weighted by molar-refractivity contribution is 0.103. The predicted octanol–water partition coefficient (Wildman–Crippen LogP) is 4.01. The Balaban J connectivity index is 2.04. The van der Waals surface area contributed by atoms with Gasteiger partial charge in [-0.05, 0) is 49.4 Å². The Morgan fingerprint density at radius 1 is 1.05 bits per heavy atom. The summed E-state index contributed by atoms with van der Waals surface area (Å²) < 4.78 is 0. The molecule has 0 amide bonds. The van der Waals surface area contributed by atoms with E-state index in [0.717, 1.165) is 16.6 Å². The molecule has 0 fully saturated rings. The zero-order valence-corrected chi connectivity index (χ0v) is 12.2. The van der Waals surface area contributed by atoms with Crippen LogP contribution < -0.4 is 5.73 Å². The van der Waals surface area contributed by atoms with E-state index in [-0.39, 0.29) is 5.78 Å². The van der Waals surface area contributed by atoms with Gasteiger partial charge in [0.05, 0.1) is 16.2 Å². The third kappa shape index (κ3) is 2.60. The van der Waals surface area contributed by atoms with E-state index in [1.807, 2.05) is 31.2 Å². The number of carbonyl (C=O) groups excluding carboxylic acids is 1. The van der Waals surface area contributed by atoms with Crippen molar-refractivity contribution in [1.29, 1.82) is 0 Å². The topological polar surface area (TPSA) is 56.0 Å². The molecule has 0 radical (unpaired) electrons. The number of hydrogen-bond donors (Lipinski definition) is 1. The molecule has 0 spiro atoms.